The molecule has 27 heavy (non-hydrogen) atoms. The molecular formula is C26H31B. The molecular weight excluding hydrogens is 323 g/mol. The second-order valence-corrected chi connectivity index (χ2v) is 8.11. The summed E-state index contributed by atoms with van der Waals surface area (Å²) in [6.45, 7) is 11.2. The fourth-order valence-corrected chi connectivity index (χ4v) is 3.99. The molecule has 0 fully saturated rings. The maximum Gasteiger partial charge on any atom is 0.139 e. The van der Waals surface area contributed by atoms with Gasteiger partial charge in [0.15, 0.2) is 0 Å². The molecule has 0 radical (unpaired) electrons. The van der Waals surface area contributed by atoms with Crippen LogP contribution in [0, 0.1) is 27.7 Å². The minimum atomic E-state index is 1.02. The summed E-state index contributed by atoms with van der Waals surface area (Å²) in [4.78, 5) is 0. The van der Waals surface area contributed by atoms with E-state index < -0.39 is 0 Å². The Kier molecular flexibility index (Phi) is 5.90. The van der Waals surface area contributed by atoms with Crippen LogP contribution in [0.2, 0.25) is 0 Å². The molecule has 138 valence electrons. The Balaban J connectivity index is 1.99. The van der Waals surface area contributed by atoms with E-state index >= 15 is 0 Å². The zero-order valence-electron chi connectivity index (χ0n) is 17.7. The van der Waals surface area contributed by atoms with Crippen LogP contribution in [-0.4, -0.2) is 7.85 Å². The smallest absolute Gasteiger partial charge is 0.0887 e. The fourth-order valence-electron chi connectivity index (χ4n) is 3.99. The third-order valence-electron chi connectivity index (χ3n) is 5.80. The Morgan fingerprint density at radius 1 is 0.593 bits per heavy atom. The van der Waals surface area contributed by atoms with E-state index in [1.165, 1.54) is 55.5 Å². The molecule has 0 N–H and O–H groups in total. The summed E-state index contributed by atoms with van der Waals surface area (Å²) in [5, 5.41) is 0. The van der Waals surface area contributed by atoms with Gasteiger partial charge in [0.1, 0.15) is 7.85 Å². The molecule has 0 atom stereocenters. The molecule has 0 spiro atoms. The van der Waals surface area contributed by atoms with E-state index in [9.17, 15) is 0 Å². The molecule has 0 aliphatic rings. The van der Waals surface area contributed by atoms with Gasteiger partial charge in [-0.1, -0.05) is 66.5 Å². The standard InChI is InChI=1S/C26H31B/c1-6-21-12-20(5)23(14-24-16-26(27)10-8-18(24)3)15-25(21)13-22-9-7-17(2)11-19(22)4/h7-12,15-16H,6,13-14,27H2,1-5H3. The first-order chi connectivity index (χ1) is 12.9. The minimum absolute atomic E-state index is 1.02. The molecule has 0 saturated carbocycles. The van der Waals surface area contributed by atoms with Crippen LogP contribution in [0.1, 0.15) is 57.0 Å². The van der Waals surface area contributed by atoms with Crippen LogP contribution >= 0.6 is 0 Å². The zero-order valence-corrected chi connectivity index (χ0v) is 17.7. The lowest BCUT2D eigenvalue weighted by atomic mass is 9.87. The van der Waals surface area contributed by atoms with Crippen molar-refractivity contribution in [2.75, 3.05) is 0 Å². The summed E-state index contributed by atoms with van der Waals surface area (Å²) in [5.41, 5.74) is 14.2. The number of hydrogen-bond donors (Lipinski definition) is 0. The third-order valence-corrected chi connectivity index (χ3v) is 5.80. The lowest BCUT2D eigenvalue weighted by Crippen LogP contribution is -2.06. The van der Waals surface area contributed by atoms with Gasteiger partial charge in [0.25, 0.3) is 0 Å². The highest BCUT2D eigenvalue weighted by atomic mass is 14.2. The van der Waals surface area contributed by atoms with E-state index in [4.69, 9.17) is 0 Å². The maximum atomic E-state index is 2.47. The van der Waals surface area contributed by atoms with Crippen molar-refractivity contribution >= 4 is 13.3 Å². The van der Waals surface area contributed by atoms with Crippen molar-refractivity contribution in [3.8, 4) is 0 Å². The molecule has 0 bridgehead atoms. The summed E-state index contributed by atoms with van der Waals surface area (Å²) in [5.74, 6) is 0. The van der Waals surface area contributed by atoms with Gasteiger partial charge >= 0.3 is 0 Å². The molecule has 3 aromatic carbocycles. The summed E-state index contributed by atoms with van der Waals surface area (Å²) in [6.07, 6.45) is 3.13. The van der Waals surface area contributed by atoms with E-state index in [2.05, 4.69) is 91.0 Å². The van der Waals surface area contributed by atoms with Crippen molar-refractivity contribution in [2.24, 2.45) is 0 Å². The molecule has 1 heteroatoms. The van der Waals surface area contributed by atoms with Gasteiger partial charge in [0.2, 0.25) is 0 Å². The molecule has 0 aliphatic carbocycles. The Morgan fingerprint density at radius 3 is 1.96 bits per heavy atom. The second-order valence-electron chi connectivity index (χ2n) is 8.11. The molecule has 3 rings (SSSR count). The van der Waals surface area contributed by atoms with Gasteiger partial charge in [-0.2, -0.15) is 0 Å². The Hall–Kier alpha value is -2.28. The maximum absolute atomic E-state index is 2.47. The molecule has 0 heterocycles. The van der Waals surface area contributed by atoms with Crippen LogP contribution < -0.4 is 5.46 Å². The van der Waals surface area contributed by atoms with Crippen LogP contribution in [0.25, 0.3) is 0 Å². The SMILES string of the molecule is Bc1ccc(C)c(Cc2cc(Cc3ccc(C)cc3C)c(CC)cc2C)c1. The van der Waals surface area contributed by atoms with E-state index in [-0.39, 0.29) is 0 Å². The van der Waals surface area contributed by atoms with Gasteiger partial charge in [0, 0.05) is 0 Å². The minimum Gasteiger partial charge on any atom is -0.0887 e. The van der Waals surface area contributed by atoms with Crippen LogP contribution in [0.5, 0.6) is 0 Å². The van der Waals surface area contributed by atoms with Gasteiger partial charge in [-0.05, 0) is 91.5 Å². The molecule has 0 nitrogen and oxygen atoms in total. The van der Waals surface area contributed by atoms with Crippen LogP contribution in [0.4, 0.5) is 0 Å². The lowest BCUT2D eigenvalue weighted by Gasteiger charge is -2.16. The van der Waals surface area contributed by atoms with Gasteiger partial charge in [0.05, 0.1) is 0 Å². The van der Waals surface area contributed by atoms with E-state index in [1.54, 1.807) is 0 Å². The van der Waals surface area contributed by atoms with Gasteiger partial charge < -0.3 is 0 Å². The second kappa shape index (κ2) is 8.17. The molecule has 0 aliphatic heterocycles. The van der Waals surface area contributed by atoms with Crippen LogP contribution in [0.15, 0.2) is 48.5 Å². The monoisotopic (exact) mass is 354 g/mol. The zero-order chi connectivity index (χ0) is 19.6. The van der Waals surface area contributed by atoms with Crippen molar-refractivity contribution in [1.29, 1.82) is 0 Å². The first-order valence-electron chi connectivity index (χ1n) is 10.1. The highest BCUT2D eigenvalue weighted by Crippen LogP contribution is 2.25. The average molecular weight is 354 g/mol. The van der Waals surface area contributed by atoms with Crippen molar-refractivity contribution in [1.82, 2.24) is 0 Å². The molecule has 0 unspecified atom stereocenters. The van der Waals surface area contributed by atoms with Crippen molar-refractivity contribution in [3.63, 3.8) is 0 Å². The fraction of sp³-hybridized carbons (Fsp3) is 0.308. The largest absolute Gasteiger partial charge is 0.139 e. The summed E-state index contributed by atoms with van der Waals surface area (Å²) in [6, 6.07) is 18.5. The predicted octanol–water partition coefficient (Wildman–Crippen LogP) is 4.92. The van der Waals surface area contributed by atoms with Crippen molar-refractivity contribution < 1.29 is 0 Å². The number of benzene rings is 3. The Labute approximate surface area is 166 Å². The Morgan fingerprint density at radius 2 is 1.26 bits per heavy atom. The number of aryl methyl sites for hydroxylation is 5. The highest BCUT2D eigenvalue weighted by Gasteiger charge is 2.11. The molecule has 0 aromatic heterocycles. The Bertz CT molecular complexity index is 966. The van der Waals surface area contributed by atoms with Gasteiger partial charge in [-0.3, -0.25) is 0 Å². The van der Waals surface area contributed by atoms with Crippen molar-refractivity contribution in [3.05, 3.63) is 98.6 Å². The van der Waals surface area contributed by atoms with Crippen LogP contribution in [0.3, 0.4) is 0 Å². The summed E-state index contributed by atoms with van der Waals surface area (Å²) in [7, 11) is 2.18. The quantitative estimate of drug-likeness (QED) is 0.571. The summed E-state index contributed by atoms with van der Waals surface area (Å²) >= 11 is 0. The van der Waals surface area contributed by atoms with Crippen molar-refractivity contribution in [2.45, 2.75) is 53.9 Å². The van der Waals surface area contributed by atoms with Gasteiger partial charge in [-0.15, -0.1) is 0 Å². The topological polar surface area (TPSA) is 0 Å². The van der Waals surface area contributed by atoms with E-state index in [1.807, 2.05) is 0 Å². The molecule has 3 aromatic rings. The normalized spacial score (nSPS) is 11.0. The molecule has 0 saturated heterocycles. The number of rotatable bonds is 5. The first-order valence-corrected chi connectivity index (χ1v) is 10.1. The van der Waals surface area contributed by atoms with E-state index in [0.717, 1.165) is 19.3 Å². The number of hydrogen-bond acceptors (Lipinski definition) is 0. The van der Waals surface area contributed by atoms with Crippen LogP contribution in [-0.2, 0) is 19.3 Å². The lowest BCUT2D eigenvalue weighted by molar-refractivity contribution is 1.02. The predicted molar refractivity (Wildman–Crippen MR) is 121 cm³/mol. The molecule has 0 amide bonds. The third kappa shape index (κ3) is 4.53. The van der Waals surface area contributed by atoms with E-state index in [0.29, 0.717) is 0 Å². The first kappa shape index (κ1) is 19.5. The summed E-state index contributed by atoms with van der Waals surface area (Å²) < 4.78 is 0. The average Bonchev–Trinajstić information content (AvgIpc) is 2.62. The van der Waals surface area contributed by atoms with Gasteiger partial charge in [-0.25, -0.2) is 0 Å². The highest BCUT2D eigenvalue weighted by molar-refractivity contribution is 6.32.